The molecular formula is C22H17NO7. The van der Waals surface area contributed by atoms with Crippen LogP contribution in [0.3, 0.4) is 0 Å². The van der Waals surface area contributed by atoms with E-state index in [0.717, 1.165) is 6.92 Å². The lowest BCUT2D eigenvalue weighted by molar-refractivity contribution is -0.384. The highest BCUT2D eigenvalue weighted by Gasteiger charge is 2.42. The Kier molecular flexibility index (Phi) is 5.68. The Morgan fingerprint density at radius 2 is 1.57 bits per heavy atom. The van der Waals surface area contributed by atoms with Gasteiger partial charge in [0.25, 0.3) is 5.69 Å². The third kappa shape index (κ3) is 3.55. The van der Waals surface area contributed by atoms with Crippen molar-refractivity contribution in [1.82, 2.24) is 0 Å². The summed E-state index contributed by atoms with van der Waals surface area (Å²) in [6, 6.07) is 11.1. The van der Waals surface area contributed by atoms with Crippen LogP contribution in [0, 0.1) is 16.0 Å². The van der Waals surface area contributed by atoms with E-state index in [1.54, 1.807) is 19.1 Å². The summed E-state index contributed by atoms with van der Waals surface area (Å²) in [6.45, 7) is 2.69. The number of hydrogen-bond donors (Lipinski definition) is 0. The van der Waals surface area contributed by atoms with Crippen LogP contribution in [-0.2, 0) is 14.3 Å². The molecule has 2 aromatic carbocycles. The molecular weight excluding hydrogens is 390 g/mol. The van der Waals surface area contributed by atoms with Crippen molar-refractivity contribution in [3.8, 4) is 0 Å². The number of esters is 1. The molecule has 0 bridgehead atoms. The monoisotopic (exact) mass is 407 g/mol. The Hall–Kier alpha value is -3.94. The van der Waals surface area contributed by atoms with Crippen LogP contribution >= 0.6 is 0 Å². The van der Waals surface area contributed by atoms with Gasteiger partial charge in [-0.2, -0.15) is 0 Å². The van der Waals surface area contributed by atoms with Crippen LogP contribution in [0.5, 0.6) is 0 Å². The molecule has 1 atom stereocenters. The number of rotatable bonds is 6. The predicted octanol–water partition coefficient (Wildman–Crippen LogP) is 3.20. The summed E-state index contributed by atoms with van der Waals surface area (Å²) in [6.07, 6.45) is 0. The van der Waals surface area contributed by atoms with Gasteiger partial charge in [-0.05, 0) is 31.5 Å². The van der Waals surface area contributed by atoms with Crippen LogP contribution in [0.15, 0.2) is 54.1 Å². The highest BCUT2D eigenvalue weighted by atomic mass is 16.6. The number of fused-ring (bicyclic) bond motifs is 1. The molecule has 0 heterocycles. The summed E-state index contributed by atoms with van der Waals surface area (Å²) < 4.78 is 4.98. The van der Waals surface area contributed by atoms with Crippen molar-refractivity contribution in [3.63, 3.8) is 0 Å². The van der Waals surface area contributed by atoms with E-state index in [4.69, 9.17) is 4.74 Å². The van der Waals surface area contributed by atoms with E-state index < -0.39 is 34.2 Å². The highest BCUT2D eigenvalue weighted by Crippen LogP contribution is 2.37. The lowest BCUT2D eigenvalue weighted by Gasteiger charge is -2.25. The van der Waals surface area contributed by atoms with Crippen molar-refractivity contribution < 1.29 is 28.8 Å². The van der Waals surface area contributed by atoms with E-state index in [0.29, 0.717) is 0 Å². The smallest absolute Gasteiger partial charge is 0.321 e. The van der Waals surface area contributed by atoms with Gasteiger partial charge < -0.3 is 4.74 Å². The fourth-order valence-electron chi connectivity index (χ4n) is 3.42. The number of non-ortho nitro benzene ring substituents is 1. The molecule has 0 unspecified atom stereocenters. The molecule has 2 aromatic rings. The number of carbonyl (C=O) groups is 4. The molecule has 8 heteroatoms. The molecule has 0 fully saturated rings. The van der Waals surface area contributed by atoms with Gasteiger partial charge in [-0.1, -0.05) is 24.3 Å². The average molecular weight is 407 g/mol. The Bertz CT molecular complexity index is 1110. The first-order chi connectivity index (χ1) is 14.3. The molecule has 1 aliphatic carbocycles. The normalized spacial score (nSPS) is 14.2. The predicted molar refractivity (Wildman–Crippen MR) is 106 cm³/mol. The number of hydrogen-bond acceptors (Lipinski definition) is 7. The van der Waals surface area contributed by atoms with Crippen LogP contribution in [0.25, 0.3) is 5.57 Å². The van der Waals surface area contributed by atoms with Crippen LogP contribution in [0.4, 0.5) is 5.69 Å². The quantitative estimate of drug-likeness (QED) is 0.312. The second-order valence-corrected chi connectivity index (χ2v) is 6.59. The van der Waals surface area contributed by atoms with Gasteiger partial charge in [-0.15, -0.1) is 0 Å². The summed E-state index contributed by atoms with van der Waals surface area (Å²) in [7, 11) is 0. The molecule has 30 heavy (non-hydrogen) atoms. The minimum atomic E-state index is -1.58. The molecule has 0 amide bonds. The number of nitro groups is 1. The minimum absolute atomic E-state index is 0.0124. The zero-order valence-corrected chi connectivity index (χ0v) is 16.2. The Morgan fingerprint density at radius 3 is 2.07 bits per heavy atom. The fraction of sp³-hybridized carbons (Fsp3) is 0.182. The van der Waals surface area contributed by atoms with E-state index in [-0.39, 0.29) is 40.1 Å². The number of nitrogens with zero attached hydrogens (tertiary/aromatic N) is 1. The zero-order valence-electron chi connectivity index (χ0n) is 16.2. The van der Waals surface area contributed by atoms with Crippen molar-refractivity contribution in [1.29, 1.82) is 0 Å². The van der Waals surface area contributed by atoms with Crippen LogP contribution in [0.2, 0.25) is 0 Å². The Morgan fingerprint density at radius 1 is 1.00 bits per heavy atom. The number of carbonyl (C=O) groups excluding carboxylic acids is 4. The SMILES string of the molecule is CCOC(=O)[C@H](C(C)=O)C1=C(c2ccc([N+](=O)[O-])cc2)C(=O)c2ccccc2C1=O. The van der Waals surface area contributed by atoms with Gasteiger partial charge in [0.2, 0.25) is 0 Å². The number of Topliss-reactive ketones (excluding diaryl/α,β-unsaturated/α-hetero) is 3. The molecule has 3 rings (SSSR count). The Labute approximate surface area is 171 Å². The largest absolute Gasteiger partial charge is 0.465 e. The maximum atomic E-state index is 13.3. The van der Waals surface area contributed by atoms with Gasteiger partial charge in [0.15, 0.2) is 11.6 Å². The van der Waals surface area contributed by atoms with E-state index in [1.807, 2.05) is 0 Å². The fourth-order valence-corrected chi connectivity index (χ4v) is 3.42. The van der Waals surface area contributed by atoms with Crippen molar-refractivity contribution in [2.24, 2.45) is 5.92 Å². The maximum absolute atomic E-state index is 13.3. The number of nitro benzene ring substituents is 1. The van der Waals surface area contributed by atoms with Crippen molar-refractivity contribution in [2.75, 3.05) is 6.61 Å². The van der Waals surface area contributed by atoms with Crippen molar-refractivity contribution in [3.05, 3.63) is 80.9 Å². The average Bonchev–Trinajstić information content (AvgIpc) is 2.72. The first-order valence-electron chi connectivity index (χ1n) is 9.12. The van der Waals surface area contributed by atoms with Gasteiger partial charge in [0.1, 0.15) is 11.7 Å². The van der Waals surface area contributed by atoms with Gasteiger partial charge in [-0.3, -0.25) is 29.3 Å². The van der Waals surface area contributed by atoms with E-state index in [2.05, 4.69) is 0 Å². The first kappa shape index (κ1) is 20.8. The molecule has 0 aliphatic heterocycles. The summed E-state index contributed by atoms with van der Waals surface area (Å²) in [5, 5.41) is 11.0. The molecule has 0 N–H and O–H groups in total. The van der Waals surface area contributed by atoms with Crippen molar-refractivity contribution >= 4 is 34.6 Å². The molecule has 1 aliphatic rings. The van der Waals surface area contributed by atoms with E-state index >= 15 is 0 Å². The van der Waals surface area contributed by atoms with E-state index in [1.165, 1.54) is 36.4 Å². The molecule has 8 nitrogen and oxygen atoms in total. The van der Waals surface area contributed by atoms with Gasteiger partial charge >= 0.3 is 5.97 Å². The number of benzene rings is 2. The van der Waals surface area contributed by atoms with Crippen LogP contribution in [-0.4, -0.2) is 34.8 Å². The molecule has 152 valence electrons. The second-order valence-electron chi connectivity index (χ2n) is 6.59. The zero-order chi connectivity index (χ0) is 22.0. The Balaban J connectivity index is 2.31. The number of ether oxygens (including phenoxy) is 1. The molecule has 0 spiro atoms. The topological polar surface area (TPSA) is 121 Å². The third-order valence-corrected chi connectivity index (χ3v) is 4.74. The van der Waals surface area contributed by atoms with Gasteiger partial charge in [0.05, 0.1) is 11.5 Å². The summed E-state index contributed by atoms with van der Waals surface area (Å²) in [5.74, 6) is -4.35. The third-order valence-electron chi connectivity index (χ3n) is 4.74. The number of ketones is 3. The molecule has 0 saturated carbocycles. The summed E-state index contributed by atoms with van der Waals surface area (Å²) >= 11 is 0. The van der Waals surface area contributed by atoms with E-state index in [9.17, 15) is 29.3 Å². The molecule has 0 saturated heterocycles. The van der Waals surface area contributed by atoms with Gasteiger partial charge in [0, 0.05) is 34.4 Å². The molecule has 0 radical (unpaired) electrons. The minimum Gasteiger partial charge on any atom is -0.465 e. The number of allylic oxidation sites excluding steroid dienone is 1. The molecule has 0 aromatic heterocycles. The summed E-state index contributed by atoms with van der Waals surface area (Å²) in [4.78, 5) is 61.8. The van der Waals surface area contributed by atoms with Crippen LogP contribution in [0.1, 0.15) is 40.1 Å². The highest BCUT2D eigenvalue weighted by molar-refractivity contribution is 6.42. The maximum Gasteiger partial charge on any atom is 0.321 e. The lowest BCUT2D eigenvalue weighted by atomic mass is 9.75. The second kappa shape index (κ2) is 8.20. The summed E-state index contributed by atoms with van der Waals surface area (Å²) in [5.41, 5.74) is -0.215. The van der Waals surface area contributed by atoms with Crippen molar-refractivity contribution in [2.45, 2.75) is 13.8 Å². The first-order valence-corrected chi connectivity index (χ1v) is 9.12. The van der Waals surface area contributed by atoms with Gasteiger partial charge in [-0.25, -0.2) is 0 Å². The lowest BCUT2D eigenvalue weighted by Crippen LogP contribution is -2.34. The standard InChI is InChI=1S/C22H17NO7/c1-3-30-22(27)17(12(2)24)19-18(13-8-10-14(11-9-13)23(28)29)20(25)15-6-4-5-7-16(15)21(19)26/h4-11,17H,3H2,1-2H3/t17-/m1/s1. The van der Waals surface area contributed by atoms with Crippen LogP contribution < -0.4 is 0 Å².